The van der Waals surface area contributed by atoms with E-state index in [1.54, 1.807) is 34.9 Å². The van der Waals surface area contributed by atoms with Crippen LogP contribution in [0.3, 0.4) is 0 Å². The summed E-state index contributed by atoms with van der Waals surface area (Å²) in [5.41, 5.74) is 1.62. The van der Waals surface area contributed by atoms with Crippen molar-refractivity contribution in [2.75, 3.05) is 0 Å². The van der Waals surface area contributed by atoms with E-state index in [0.717, 1.165) is 0 Å². The van der Waals surface area contributed by atoms with Gasteiger partial charge in [-0.15, -0.1) is 0 Å². The first-order chi connectivity index (χ1) is 13.7. The molecule has 28 heavy (non-hydrogen) atoms. The summed E-state index contributed by atoms with van der Waals surface area (Å²) in [5.74, 6) is 1.52. The second-order valence-electron chi connectivity index (χ2n) is 5.96. The standard InChI is InChI=1S/C20H15N5O2S/c1-2-17-23-18(27-24-17)12-28-20-22-16-6-4-3-5-15(16)19(26)25(20)14-9-7-13(11-21)8-10-14/h3-10H,2,12H2,1H3. The Hall–Kier alpha value is -3.44. The van der Waals surface area contributed by atoms with Gasteiger partial charge in [0.25, 0.3) is 5.56 Å². The normalized spacial score (nSPS) is 10.9. The lowest BCUT2D eigenvalue weighted by Crippen LogP contribution is -2.21. The van der Waals surface area contributed by atoms with Gasteiger partial charge in [0, 0.05) is 6.42 Å². The van der Waals surface area contributed by atoms with E-state index < -0.39 is 0 Å². The number of benzene rings is 2. The molecule has 0 unspecified atom stereocenters. The Bertz CT molecular complexity index is 1240. The Morgan fingerprint density at radius 2 is 1.93 bits per heavy atom. The van der Waals surface area contributed by atoms with Gasteiger partial charge in [0.05, 0.1) is 34.0 Å². The Labute approximate surface area is 164 Å². The first-order valence-corrected chi connectivity index (χ1v) is 9.64. The van der Waals surface area contributed by atoms with E-state index in [0.29, 0.717) is 51.2 Å². The van der Waals surface area contributed by atoms with Crippen LogP contribution in [-0.2, 0) is 12.2 Å². The van der Waals surface area contributed by atoms with Crippen molar-refractivity contribution in [2.45, 2.75) is 24.3 Å². The van der Waals surface area contributed by atoms with Crippen molar-refractivity contribution in [2.24, 2.45) is 0 Å². The summed E-state index contributed by atoms with van der Waals surface area (Å²) in [7, 11) is 0. The number of nitrogens with zero attached hydrogens (tertiary/aromatic N) is 5. The van der Waals surface area contributed by atoms with E-state index in [2.05, 4.69) is 21.2 Å². The molecule has 2 aromatic heterocycles. The van der Waals surface area contributed by atoms with Crippen LogP contribution >= 0.6 is 11.8 Å². The fourth-order valence-electron chi connectivity index (χ4n) is 2.74. The fourth-order valence-corrected chi connectivity index (χ4v) is 3.59. The zero-order chi connectivity index (χ0) is 19.5. The maximum Gasteiger partial charge on any atom is 0.266 e. The first kappa shape index (κ1) is 17.9. The molecule has 0 bridgehead atoms. The SMILES string of the molecule is CCc1noc(CSc2nc3ccccc3c(=O)n2-c2ccc(C#N)cc2)n1. The molecule has 0 atom stereocenters. The monoisotopic (exact) mass is 389 g/mol. The van der Waals surface area contributed by atoms with Gasteiger partial charge in [0.15, 0.2) is 11.0 Å². The fraction of sp³-hybridized carbons (Fsp3) is 0.150. The zero-order valence-electron chi connectivity index (χ0n) is 15.0. The summed E-state index contributed by atoms with van der Waals surface area (Å²) in [6.45, 7) is 1.95. The molecule has 4 rings (SSSR count). The molecule has 0 N–H and O–H groups in total. The van der Waals surface area contributed by atoms with Crippen LogP contribution in [0.2, 0.25) is 0 Å². The molecule has 0 aliphatic carbocycles. The molecule has 4 aromatic rings. The Morgan fingerprint density at radius 1 is 1.14 bits per heavy atom. The molecule has 0 saturated carbocycles. The number of aromatic nitrogens is 4. The highest BCUT2D eigenvalue weighted by Gasteiger charge is 2.15. The topological polar surface area (TPSA) is 97.6 Å². The van der Waals surface area contributed by atoms with Crippen LogP contribution in [0, 0.1) is 11.3 Å². The van der Waals surface area contributed by atoms with Crippen LogP contribution in [0.15, 0.2) is 63.0 Å². The van der Waals surface area contributed by atoms with Crippen molar-refractivity contribution in [1.29, 1.82) is 5.26 Å². The van der Waals surface area contributed by atoms with Crippen LogP contribution in [0.4, 0.5) is 0 Å². The number of nitriles is 1. The quantitative estimate of drug-likeness (QED) is 0.380. The summed E-state index contributed by atoms with van der Waals surface area (Å²) in [6.07, 6.45) is 0.693. The van der Waals surface area contributed by atoms with Gasteiger partial charge in [-0.1, -0.05) is 36.0 Å². The molecule has 8 heteroatoms. The summed E-state index contributed by atoms with van der Waals surface area (Å²) >= 11 is 1.35. The number of para-hydroxylation sites is 1. The minimum Gasteiger partial charge on any atom is -0.338 e. The van der Waals surface area contributed by atoms with Crippen molar-refractivity contribution in [3.8, 4) is 11.8 Å². The van der Waals surface area contributed by atoms with Gasteiger partial charge in [0.2, 0.25) is 5.89 Å². The molecule has 2 heterocycles. The predicted molar refractivity (Wildman–Crippen MR) is 105 cm³/mol. The molecule has 0 amide bonds. The molecule has 0 saturated heterocycles. The van der Waals surface area contributed by atoms with Crippen LogP contribution < -0.4 is 5.56 Å². The van der Waals surface area contributed by atoms with E-state index in [1.165, 1.54) is 11.8 Å². The van der Waals surface area contributed by atoms with Crippen LogP contribution in [-0.4, -0.2) is 19.7 Å². The van der Waals surface area contributed by atoms with Crippen molar-refractivity contribution >= 4 is 22.7 Å². The summed E-state index contributed by atoms with van der Waals surface area (Å²) in [4.78, 5) is 22.1. The maximum absolute atomic E-state index is 13.2. The van der Waals surface area contributed by atoms with Gasteiger partial charge in [-0.2, -0.15) is 10.2 Å². The van der Waals surface area contributed by atoms with Gasteiger partial charge < -0.3 is 4.52 Å². The molecule has 0 spiro atoms. The molecule has 138 valence electrons. The Balaban J connectivity index is 1.80. The van der Waals surface area contributed by atoms with Crippen LogP contribution in [0.1, 0.15) is 24.2 Å². The zero-order valence-corrected chi connectivity index (χ0v) is 15.8. The average Bonchev–Trinajstić information content (AvgIpc) is 3.21. The molecule has 0 aliphatic rings. The largest absolute Gasteiger partial charge is 0.338 e. The third kappa shape index (κ3) is 3.40. The average molecular weight is 389 g/mol. The maximum atomic E-state index is 13.2. The summed E-state index contributed by atoms with van der Waals surface area (Å²) < 4.78 is 6.78. The number of hydrogen-bond donors (Lipinski definition) is 0. The van der Waals surface area contributed by atoms with E-state index in [1.807, 2.05) is 25.1 Å². The second-order valence-corrected chi connectivity index (χ2v) is 6.90. The molecule has 7 nitrogen and oxygen atoms in total. The smallest absolute Gasteiger partial charge is 0.266 e. The molecule has 2 aromatic carbocycles. The minimum atomic E-state index is -0.169. The summed E-state index contributed by atoms with van der Waals surface area (Å²) in [5, 5.41) is 14.0. The van der Waals surface area contributed by atoms with Crippen molar-refractivity contribution in [3.05, 3.63) is 76.2 Å². The number of thioether (sulfide) groups is 1. The number of aryl methyl sites for hydroxylation is 1. The summed E-state index contributed by atoms with van der Waals surface area (Å²) in [6, 6.07) is 16.1. The van der Waals surface area contributed by atoms with Crippen molar-refractivity contribution in [1.82, 2.24) is 19.7 Å². The third-order valence-electron chi connectivity index (χ3n) is 4.15. The highest BCUT2D eigenvalue weighted by Crippen LogP contribution is 2.24. The number of hydrogen-bond acceptors (Lipinski definition) is 7. The van der Waals surface area contributed by atoms with Gasteiger partial charge in [-0.25, -0.2) is 4.98 Å². The van der Waals surface area contributed by atoms with Crippen molar-refractivity contribution in [3.63, 3.8) is 0 Å². The molecular formula is C20H15N5O2S. The van der Waals surface area contributed by atoms with E-state index in [9.17, 15) is 4.79 Å². The Kier molecular flexibility index (Phi) is 4.91. The van der Waals surface area contributed by atoms with Crippen LogP contribution in [0.25, 0.3) is 16.6 Å². The third-order valence-corrected chi connectivity index (χ3v) is 5.07. The predicted octanol–water partition coefficient (Wildman–Crippen LogP) is 3.50. The minimum absolute atomic E-state index is 0.169. The lowest BCUT2D eigenvalue weighted by atomic mass is 10.2. The van der Waals surface area contributed by atoms with Crippen molar-refractivity contribution < 1.29 is 4.52 Å². The highest BCUT2D eigenvalue weighted by molar-refractivity contribution is 7.98. The van der Waals surface area contributed by atoms with Gasteiger partial charge >= 0.3 is 0 Å². The number of rotatable bonds is 5. The van der Waals surface area contributed by atoms with Gasteiger partial charge in [-0.05, 0) is 36.4 Å². The second kappa shape index (κ2) is 7.66. The number of fused-ring (bicyclic) bond motifs is 1. The lowest BCUT2D eigenvalue weighted by Gasteiger charge is -2.12. The first-order valence-electron chi connectivity index (χ1n) is 8.66. The van der Waals surface area contributed by atoms with E-state index in [4.69, 9.17) is 9.78 Å². The van der Waals surface area contributed by atoms with Gasteiger partial charge in [0.1, 0.15) is 0 Å². The molecule has 0 aliphatic heterocycles. The van der Waals surface area contributed by atoms with E-state index >= 15 is 0 Å². The van der Waals surface area contributed by atoms with Crippen LogP contribution in [0.5, 0.6) is 0 Å². The van der Waals surface area contributed by atoms with E-state index in [-0.39, 0.29) is 5.56 Å². The highest BCUT2D eigenvalue weighted by atomic mass is 32.2. The van der Waals surface area contributed by atoms with Gasteiger partial charge in [-0.3, -0.25) is 9.36 Å². The Morgan fingerprint density at radius 3 is 2.64 bits per heavy atom. The molecular weight excluding hydrogens is 374 g/mol. The lowest BCUT2D eigenvalue weighted by molar-refractivity contribution is 0.385. The molecule has 0 fully saturated rings. The molecule has 0 radical (unpaired) electrons.